The topological polar surface area (TPSA) is 53.0 Å². The molecule has 0 aromatic heterocycles. The van der Waals surface area contributed by atoms with E-state index in [0.29, 0.717) is 5.92 Å². The van der Waals surface area contributed by atoms with Crippen molar-refractivity contribution in [3.63, 3.8) is 0 Å². The number of carbonyl (C=O) groups is 1. The zero-order chi connectivity index (χ0) is 21.8. The van der Waals surface area contributed by atoms with E-state index < -0.39 is 11.5 Å². The molecule has 1 aromatic rings. The van der Waals surface area contributed by atoms with Gasteiger partial charge in [0.25, 0.3) is 0 Å². The molecule has 2 heterocycles. The van der Waals surface area contributed by atoms with E-state index in [9.17, 15) is 14.3 Å². The lowest BCUT2D eigenvalue weighted by Gasteiger charge is -2.47. The summed E-state index contributed by atoms with van der Waals surface area (Å²) in [6.45, 7) is 6.90. The molecule has 1 saturated carbocycles. The first-order valence-electron chi connectivity index (χ1n) is 12.1. The summed E-state index contributed by atoms with van der Waals surface area (Å²) in [6.07, 6.45) is 9.27. The molecule has 1 aliphatic carbocycles. The van der Waals surface area contributed by atoms with Gasteiger partial charge in [0.15, 0.2) is 0 Å². The van der Waals surface area contributed by atoms with Crippen LogP contribution in [0, 0.1) is 18.7 Å². The normalized spacial score (nSPS) is 22.7. The van der Waals surface area contributed by atoms with Crippen LogP contribution in [-0.2, 0) is 4.79 Å². The van der Waals surface area contributed by atoms with Gasteiger partial charge in [-0.05, 0) is 88.2 Å². The second-order valence-corrected chi connectivity index (χ2v) is 9.86. The van der Waals surface area contributed by atoms with Crippen molar-refractivity contribution >= 4 is 30.8 Å². The van der Waals surface area contributed by atoms with Crippen LogP contribution in [0.2, 0.25) is 0 Å². The molecule has 5 nitrogen and oxygen atoms in total. The maximum Gasteiger partial charge on any atom is 0.324 e. The highest BCUT2D eigenvalue weighted by molar-refractivity contribution is 5.85. The molecular weight excluding hydrogens is 466 g/mol. The second kappa shape index (κ2) is 12.6. The van der Waals surface area contributed by atoms with Crippen molar-refractivity contribution in [2.75, 3.05) is 32.7 Å². The first-order chi connectivity index (χ1) is 15.0. The molecule has 4 rings (SSSR count). The molecule has 0 unspecified atom stereocenters. The van der Waals surface area contributed by atoms with Crippen molar-refractivity contribution in [2.24, 2.45) is 5.92 Å². The minimum absolute atomic E-state index is 0. The van der Waals surface area contributed by atoms with E-state index in [1.807, 2.05) is 6.92 Å². The molecule has 0 spiro atoms. The summed E-state index contributed by atoms with van der Waals surface area (Å²) in [5.41, 5.74) is 0.253. The molecule has 8 heteroatoms. The van der Waals surface area contributed by atoms with Crippen LogP contribution >= 0.6 is 24.8 Å². The number of hydrogen-bond acceptors (Lipinski definition) is 4. The molecular formula is C25H39Cl2FN2O3. The molecule has 188 valence electrons. The van der Waals surface area contributed by atoms with Gasteiger partial charge in [0.1, 0.15) is 23.2 Å². The number of halogens is 3. The summed E-state index contributed by atoms with van der Waals surface area (Å²) < 4.78 is 19.4. The Bertz CT molecular complexity index is 760. The highest BCUT2D eigenvalue weighted by atomic mass is 35.5. The van der Waals surface area contributed by atoms with E-state index >= 15 is 0 Å². The molecule has 0 amide bonds. The third-order valence-electron chi connectivity index (χ3n) is 7.78. The number of carboxylic acid groups (broad SMARTS) is 1. The van der Waals surface area contributed by atoms with Gasteiger partial charge in [0.2, 0.25) is 0 Å². The minimum Gasteiger partial charge on any atom is -0.490 e. The fourth-order valence-electron chi connectivity index (χ4n) is 5.85. The molecule has 3 aliphatic rings. The third kappa shape index (κ3) is 6.74. The number of aryl methyl sites for hydroxylation is 1. The zero-order valence-corrected chi connectivity index (χ0v) is 21.3. The predicted molar refractivity (Wildman–Crippen MR) is 133 cm³/mol. The maximum absolute atomic E-state index is 13.3. The number of ether oxygens (including phenoxy) is 1. The van der Waals surface area contributed by atoms with Crippen molar-refractivity contribution in [3.05, 3.63) is 29.6 Å². The zero-order valence-electron chi connectivity index (χ0n) is 19.6. The third-order valence-corrected chi connectivity index (χ3v) is 7.78. The Labute approximate surface area is 209 Å². The lowest BCUT2D eigenvalue weighted by molar-refractivity contribution is -0.155. The average molecular weight is 506 g/mol. The van der Waals surface area contributed by atoms with E-state index in [2.05, 4.69) is 9.80 Å². The summed E-state index contributed by atoms with van der Waals surface area (Å²) in [6, 6.07) is 4.73. The lowest BCUT2D eigenvalue weighted by Crippen LogP contribution is -2.58. The van der Waals surface area contributed by atoms with Gasteiger partial charge in [0, 0.05) is 19.6 Å². The molecule has 1 N–H and O–H groups in total. The number of likely N-dealkylation sites (tertiary alicyclic amines) is 2. The van der Waals surface area contributed by atoms with Crippen molar-refractivity contribution in [2.45, 2.75) is 76.4 Å². The van der Waals surface area contributed by atoms with E-state index in [-0.39, 0.29) is 36.7 Å². The number of nitrogens with zero attached hydrogens (tertiary/aromatic N) is 2. The van der Waals surface area contributed by atoms with Crippen molar-refractivity contribution in [1.29, 1.82) is 0 Å². The summed E-state index contributed by atoms with van der Waals surface area (Å²) >= 11 is 0. The van der Waals surface area contributed by atoms with Crippen molar-refractivity contribution < 1.29 is 19.0 Å². The molecule has 3 fully saturated rings. The monoisotopic (exact) mass is 504 g/mol. The first kappa shape index (κ1) is 28.2. The van der Waals surface area contributed by atoms with E-state index in [0.717, 1.165) is 95.4 Å². The number of hydrogen-bond donors (Lipinski definition) is 1. The van der Waals surface area contributed by atoms with Crippen molar-refractivity contribution in [3.8, 4) is 5.75 Å². The van der Waals surface area contributed by atoms with Crippen LogP contribution in [0.25, 0.3) is 0 Å². The number of aliphatic carboxylic acids is 1. The minimum atomic E-state index is -0.607. The van der Waals surface area contributed by atoms with E-state index in [1.165, 1.54) is 18.6 Å². The Morgan fingerprint density at radius 1 is 1.06 bits per heavy atom. The van der Waals surface area contributed by atoms with E-state index in [4.69, 9.17) is 4.74 Å². The number of rotatable bonds is 6. The molecule has 0 atom stereocenters. The van der Waals surface area contributed by atoms with Crippen LogP contribution in [0.4, 0.5) is 4.39 Å². The van der Waals surface area contributed by atoms with Crippen molar-refractivity contribution in [1.82, 2.24) is 9.80 Å². The lowest BCUT2D eigenvalue weighted by atomic mass is 9.78. The fraction of sp³-hybridized carbons (Fsp3) is 0.720. The van der Waals surface area contributed by atoms with Gasteiger partial charge in [-0.2, -0.15) is 0 Å². The molecule has 2 saturated heterocycles. The SMILES string of the molecule is Cc1cc(F)ccc1OC1CCN(CC2CCN(C3(C(=O)O)CCCCC3)CC2)CC1.Cl.Cl. The van der Waals surface area contributed by atoms with Gasteiger partial charge in [0.05, 0.1) is 0 Å². The van der Waals surface area contributed by atoms with Gasteiger partial charge >= 0.3 is 5.97 Å². The van der Waals surface area contributed by atoms with Crippen LogP contribution in [0.15, 0.2) is 18.2 Å². The van der Waals surface area contributed by atoms with Crippen LogP contribution in [0.5, 0.6) is 5.75 Å². The number of piperidine rings is 2. The van der Waals surface area contributed by atoms with Gasteiger partial charge in [-0.1, -0.05) is 19.3 Å². The van der Waals surface area contributed by atoms with E-state index in [1.54, 1.807) is 6.07 Å². The molecule has 0 radical (unpaired) electrons. The summed E-state index contributed by atoms with van der Waals surface area (Å²) in [7, 11) is 0. The first-order valence-corrected chi connectivity index (χ1v) is 12.1. The highest BCUT2D eigenvalue weighted by Gasteiger charge is 2.45. The quantitative estimate of drug-likeness (QED) is 0.567. The Morgan fingerprint density at radius 3 is 2.27 bits per heavy atom. The molecule has 2 aliphatic heterocycles. The smallest absolute Gasteiger partial charge is 0.324 e. The molecule has 1 aromatic carbocycles. The van der Waals surface area contributed by atoms with Crippen LogP contribution in [0.3, 0.4) is 0 Å². The van der Waals surface area contributed by atoms with Gasteiger partial charge in [-0.25, -0.2) is 4.39 Å². The summed E-state index contributed by atoms with van der Waals surface area (Å²) in [5, 5.41) is 9.95. The fourth-order valence-corrected chi connectivity index (χ4v) is 5.85. The second-order valence-electron chi connectivity index (χ2n) is 9.86. The Kier molecular flexibility index (Phi) is 10.7. The summed E-state index contributed by atoms with van der Waals surface area (Å²) in [4.78, 5) is 16.9. The Morgan fingerprint density at radius 2 is 1.70 bits per heavy atom. The van der Waals surface area contributed by atoms with Crippen LogP contribution in [0.1, 0.15) is 63.4 Å². The maximum atomic E-state index is 13.3. The molecule has 33 heavy (non-hydrogen) atoms. The highest BCUT2D eigenvalue weighted by Crippen LogP contribution is 2.37. The largest absolute Gasteiger partial charge is 0.490 e. The van der Waals surface area contributed by atoms with Crippen LogP contribution < -0.4 is 4.74 Å². The Balaban J connectivity index is 0.00000193. The standard InChI is InChI=1S/C25H37FN2O3.2ClH/c1-19-17-21(26)5-6-23(19)31-22-9-13-27(14-10-22)18-20-7-15-28(16-8-20)25(24(29)30)11-3-2-4-12-25;;/h5-6,17,20,22H,2-4,7-16,18H2,1H3,(H,29,30);2*1H. The Hall–Kier alpha value is -1.08. The van der Waals surface area contributed by atoms with Gasteiger partial charge < -0.3 is 14.7 Å². The summed E-state index contributed by atoms with van der Waals surface area (Å²) in [5.74, 6) is 0.623. The number of carboxylic acids is 1. The average Bonchev–Trinajstić information content (AvgIpc) is 2.78. The van der Waals surface area contributed by atoms with Gasteiger partial charge in [-0.15, -0.1) is 24.8 Å². The van der Waals surface area contributed by atoms with Gasteiger partial charge in [-0.3, -0.25) is 9.69 Å². The van der Waals surface area contributed by atoms with Crippen LogP contribution in [-0.4, -0.2) is 65.2 Å². The predicted octanol–water partition coefficient (Wildman–Crippen LogP) is 5.32. The molecule has 0 bridgehead atoms. The number of benzene rings is 1.